The van der Waals surface area contributed by atoms with Gasteiger partial charge in [0.1, 0.15) is 11.5 Å². The summed E-state index contributed by atoms with van der Waals surface area (Å²) in [6, 6.07) is 9.77. The van der Waals surface area contributed by atoms with Gasteiger partial charge in [0.2, 0.25) is 0 Å². The molecule has 100 valence electrons. The number of rotatable bonds is 5. The smallest absolute Gasteiger partial charge is 0.127 e. The van der Waals surface area contributed by atoms with Crippen LogP contribution in [-0.4, -0.2) is 19.2 Å². The average Bonchev–Trinajstić information content (AvgIpc) is 2.45. The van der Waals surface area contributed by atoms with Crippen LogP contribution in [0.25, 0.3) is 0 Å². The summed E-state index contributed by atoms with van der Waals surface area (Å²) in [6.07, 6.45) is 1.79. The molecule has 0 aliphatic rings. The maximum Gasteiger partial charge on any atom is 0.127 e. The van der Waals surface area contributed by atoms with Crippen LogP contribution >= 0.6 is 0 Å². The molecule has 0 atom stereocenters. The Labute approximate surface area is 113 Å². The number of hydrogen-bond donors (Lipinski definition) is 1. The number of hydrogen-bond acceptors (Lipinski definition) is 4. The summed E-state index contributed by atoms with van der Waals surface area (Å²) in [5.41, 5.74) is 3.12. The van der Waals surface area contributed by atoms with E-state index in [1.165, 1.54) is 0 Å². The van der Waals surface area contributed by atoms with Crippen molar-refractivity contribution in [1.82, 2.24) is 4.98 Å². The van der Waals surface area contributed by atoms with Gasteiger partial charge in [-0.05, 0) is 31.2 Å². The highest BCUT2D eigenvalue weighted by Gasteiger charge is 2.05. The van der Waals surface area contributed by atoms with E-state index < -0.39 is 0 Å². The largest absolute Gasteiger partial charge is 0.497 e. The van der Waals surface area contributed by atoms with Crippen LogP contribution in [0.4, 0.5) is 5.69 Å². The minimum Gasteiger partial charge on any atom is -0.497 e. The minimum atomic E-state index is 0.691. The number of benzene rings is 1. The molecule has 0 saturated carbocycles. The van der Waals surface area contributed by atoms with E-state index >= 15 is 0 Å². The second-order valence-electron chi connectivity index (χ2n) is 4.22. The molecule has 0 amide bonds. The quantitative estimate of drug-likeness (QED) is 0.895. The number of nitrogens with one attached hydrogen (secondary N) is 1. The van der Waals surface area contributed by atoms with E-state index in [0.717, 1.165) is 28.4 Å². The van der Waals surface area contributed by atoms with Gasteiger partial charge in [-0.2, -0.15) is 0 Å². The van der Waals surface area contributed by atoms with E-state index in [1.807, 2.05) is 37.3 Å². The third-order valence-electron chi connectivity index (χ3n) is 2.87. The fourth-order valence-electron chi connectivity index (χ4n) is 1.85. The lowest BCUT2D eigenvalue weighted by Gasteiger charge is -2.12. The fraction of sp³-hybridized carbons (Fsp3) is 0.267. The Morgan fingerprint density at radius 1 is 1.11 bits per heavy atom. The molecule has 0 fully saturated rings. The lowest BCUT2D eigenvalue weighted by atomic mass is 10.2. The van der Waals surface area contributed by atoms with Crippen molar-refractivity contribution < 1.29 is 9.47 Å². The lowest BCUT2D eigenvalue weighted by Crippen LogP contribution is -2.02. The average molecular weight is 258 g/mol. The minimum absolute atomic E-state index is 0.691. The number of pyridine rings is 1. The third kappa shape index (κ3) is 3.37. The molecular formula is C15H18N2O2. The standard InChI is InChI=1S/C15H18N2O2/c1-11-8-13(6-7-16-11)17-10-12-4-5-14(18-2)9-15(12)19-3/h4-9H,10H2,1-3H3,(H,16,17). The molecule has 4 nitrogen and oxygen atoms in total. The first-order chi connectivity index (χ1) is 9.22. The van der Waals surface area contributed by atoms with Crippen molar-refractivity contribution in [1.29, 1.82) is 0 Å². The van der Waals surface area contributed by atoms with Crippen LogP contribution in [-0.2, 0) is 6.54 Å². The monoisotopic (exact) mass is 258 g/mol. The molecule has 0 aliphatic carbocycles. The normalized spacial score (nSPS) is 10.1. The number of aryl methyl sites for hydroxylation is 1. The van der Waals surface area contributed by atoms with E-state index in [2.05, 4.69) is 10.3 Å². The third-order valence-corrected chi connectivity index (χ3v) is 2.87. The number of methoxy groups -OCH3 is 2. The van der Waals surface area contributed by atoms with Gasteiger partial charge in [0.25, 0.3) is 0 Å². The van der Waals surface area contributed by atoms with Gasteiger partial charge in [-0.1, -0.05) is 0 Å². The Morgan fingerprint density at radius 3 is 2.63 bits per heavy atom. The highest BCUT2D eigenvalue weighted by atomic mass is 16.5. The molecule has 2 aromatic rings. The van der Waals surface area contributed by atoms with Crippen LogP contribution in [0.3, 0.4) is 0 Å². The summed E-state index contributed by atoms with van der Waals surface area (Å²) in [6.45, 7) is 2.66. The van der Waals surface area contributed by atoms with Crippen molar-refractivity contribution in [2.45, 2.75) is 13.5 Å². The first kappa shape index (κ1) is 13.2. The van der Waals surface area contributed by atoms with Crippen LogP contribution in [0.2, 0.25) is 0 Å². The molecular weight excluding hydrogens is 240 g/mol. The van der Waals surface area contributed by atoms with Crippen LogP contribution in [0.1, 0.15) is 11.3 Å². The molecule has 2 rings (SSSR count). The van der Waals surface area contributed by atoms with Gasteiger partial charge in [0.15, 0.2) is 0 Å². The van der Waals surface area contributed by atoms with Crippen LogP contribution in [0.5, 0.6) is 11.5 Å². The SMILES string of the molecule is COc1ccc(CNc2ccnc(C)c2)c(OC)c1. The van der Waals surface area contributed by atoms with Crippen molar-refractivity contribution >= 4 is 5.69 Å². The molecule has 1 aromatic heterocycles. The van der Waals surface area contributed by atoms with Gasteiger partial charge in [-0.25, -0.2) is 0 Å². The Bertz CT molecular complexity index is 556. The summed E-state index contributed by atoms with van der Waals surface area (Å²) in [7, 11) is 3.31. The first-order valence-corrected chi connectivity index (χ1v) is 6.10. The highest BCUT2D eigenvalue weighted by Crippen LogP contribution is 2.25. The van der Waals surface area contributed by atoms with Crippen LogP contribution in [0, 0.1) is 6.92 Å². The first-order valence-electron chi connectivity index (χ1n) is 6.10. The van der Waals surface area contributed by atoms with Crippen molar-refractivity contribution in [2.75, 3.05) is 19.5 Å². The van der Waals surface area contributed by atoms with E-state index in [9.17, 15) is 0 Å². The van der Waals surface area contributed by atoms with Crippen molar-refractivity contribution in [3.8, 4) is 11.5 Å². The molecule has 1 aromatic carbocycles. The highest BCUT2D eigenvalue weighted by molar-refractivity contribution is 5.47. The zero-order chi connectivity index (χ0) is 13.7. The predicted molar refractivity (Wildman–Crippen MR) is 75.8 cm³/mol. The number of anilines is 1. The Balaban J connectivity index is 2.11. The molecule has 0 unspecified atom stereocenters. The van der Waals surface area contributed by atoms with E-state index in [1.54, 1.807) is 20.4 Å². The maximum atomic E-state index is 5.37. The molecule has 1 N–H and O–H groups in total. The van der Waals surface area contributed by atoms with Crippen molar-refractivity contribution in [3.05, 3.63) is 47.8 Å². The number of ether oxygens (including phenoxy) is 2. The topological polar surface area (TPSA) is 43.4 Å². The van der Waals surface area contributed by atoms with Crippen LogP contribution < -0.4 is 14.8 Å². The molecule has 1 heterocycles. The number of nitrogens with zero attached hydrogens (tertiary/aromatic N) is 1. The van der Waals surface area contributed by atoms with Gasteiger partial charge < -0.3 is 14.8 Å². The summed E-state index contributed by atoms with van der Waals surface area (Å²) in [5.74, 6) is 1.61. The van der Waals surface area contributed by atoms with Gasteiger partial charge in [0, 0.05) is 35.8 Å². The Hall–Kier alpha value is -2.23. The summed E-state index contributed by atoms with van der Waals surface area (Å²) in [4.78, 5) is 4.17. The van der Waals surface area contributed by atoms with Crippen molar-refractivity contribution in [3.63, 3.8) is 0 Å². The molecule has 0 aliphatic heterocycles. The number of aromatic nitrogens is 1. The Kier molecular flexibility index (Phi) is 4.23. The van der Waals surface area contributed by atoms with Gasteiger partial charge in [-0.15, -0.1) is 0 Å². The fourth-order valence-corrected chi connectivity index (χ4v) is 1.85. The second-order valence-corrected chi connectivity index (χ2v) is 4.22. The summed E-state index contributed by atoms with van der Waals surface area (Å²) < 4.78 is 10.5. The van der Waals surface area contributed by atoms with Gasteiger partial charge >= 0.3 is 0 Å². The van der Waals surface area contributed by atoms with Gasteiger partial charge in [0.05, 0.1) is 14.2 Å². The van der Waals surface area contributed by atoms with Crippen molar-refractivity contribution in [2.24, 2.45) is 0 Å². The lowest BCUT2D eigenvalue weighted by molar-refractivity contribution is 0.391. The zero-order valence-corrected chi connectivity index (χ0v) is 11.4. The van der Waals surface area contributed by atoms with Gasteiger partial charge in [-0.3, -0.25) is 4.98 Å². The molecule has 0 bridgehead atoms. The predicted octanol–water partition coefficient (Wildman–Crippen LogP) is 3.02. The molecule has 0 radical (unpaired) electrons. The summed E-state index contributed by atoms with van der Waals surface area (Å²) in [5, 5.41) is 3.35. The Morgan fingerprint density at radius 2 is 1.95 bits per heavy atom. The van der Waals surface area contributed by atoms with Crippen LogP contribution in [0.15, 0.2) is 36.5 Å². The maximum absolute atomic E-state index is 5.37. The van der Waals surface area contributed by atoms with E-state index in [0.29, 0.717) is 6.54 Å². The van der Waals surface area contributed by atoms with E-state index in [-0.39, 0.29) is 0 Å². The second kappa shape index (κ2) is 6.09. The molecule has 19 heavy (non-hydrogen) atoms. The molecule has 0 saturated heterocycles. The molecule has 0 spiro atoms. The zero-order valence-electron chi connectivity index (χ0n) is 11.4. The molecule has 4 heteroatoms. The van der Waals surface area contributed by atoms with E-state index in [4.69, 9.17) is 9.47 Å². The summed E-state index contributed by atoms with van der Waals surface area (Å²) >= 11 is 0.